The molecular formula is C25H27F2N3O3S2. The van der Waals surface area contributed by atoms with Crippen molar-refractivity contribution in [1.29, 1.82) is 0 Å². The van der Waals surface area contributed by atoms with Crippen LogP contribution in [0.5, 0.6) is 0 Å². The second-order valence-electron chi connectivity index (χ2n) is 8.98. The zero-order valence-corrected chi connectivity index (χ0v) is 21.1. The molecular weight excluding hydrogens is 492 g/mol. The van der Waals surface area contributed by atoms with Gasteiger partial charge in [-0.1, -0.05) is 37.3 Å². The van der Waals surface area contributed by atoms with Gasteiger partial charge in [0.15, 0.2) is 10.9 Å². The highest BCUT2D eigenvalue weighted by Gasteiger charge is 2.40. The molecule has 1 aromatic heterocycles. The van der Waals surface area contributed by atoms with E-state index in [4.69, 9.17) is 5.73 Å². The fourth-order valence-corrected chi connectivity index (χ4v) is 7.29. The van der Waals surface area contributed by atoms with Gasteiger partial charge in [-0.2, -0.15) is 4.31 Å². The van der Waals surface area contributed by atoms with Crippen LogP contribution in [0.1, 0.15) is 71.5 Å². The van der Waals surface area contributed by atoms with Gasteiger partial charge in [0.05, 0.1) is 0 Å². The van der Waals surface area contributed by atoms with Crippen LogP contribution in [-0.2, 0) is 16.6 Å². The number of nitrogens with zero attached hydrogens (tertiary/aromatic N) is 2. The number of hydrogen-bond acceptors (Lipinski definition) is 6. The first-order valence-electron chi connectivity index (χ1n) is 11.4. The average molecular weight is 520 g/mol. The van der Waals surface area contributed by atoms with Gasteiger partial charge >= 0.3 is 0 Å². The molecule has 0 amide bonds. The molecule has 0 aliphatic carbocycles. The number of benzene rings is 2. The first-order chi connectivity index (χ1) is 16.6. The lowest BCUT2D eigenvalue weighted by Crippen LogP contribution is -2.44. The van der Waals surface area contributed by atoms with Crippen molar-refractivity contribution in [2.45, 2.75) is 56.9 Å². The number of aromatic nitrogens is 1. The van der Waals surface area contributed by atoms with Crippen LogP contribution in [0.2, 0.25) is 0 Å². The summed E-state index contributed by atoms with van der Waals surface area (Å²) in [6.07, 6.45) is 1.02. The molecule has 2 heterocycles. The number of sulfonamides is 1. The minimum absolute atomic E-state index is 0.0406. The van der Waals surface area contributed by atoms with E-state index in [2.05, 4.69) is 4.98 Å². The Morgan fingerprint density at radius 1 is 1.20 bits per heavy atom. The molecule has 0 spiro atoms. The highest BCUT2D eigenvalue weighted by atomic mass is 32.2. The van der Waals surface area contributed by atoms with Crippen molar-refractivity contribution in [3.63, 3.8) is 0 Å². The molecule has 0 bridgehead atoms. The van der Waals surface area contributed by atoms with Crippen LogP contribution in [-0.4, -0.2) is 29.5 Å². The predicted molar refractivity (Wildman–Crippen MR) is 133 cm³/mol. The summed E-state index contributed by atoms with van der Waals surface area (Å²) in [7, 11) is -3.78. The number of rotatable bonds is 7. The standard InChI is InChI=1S/C25H27F2N3O3S2/c1-15(10-23(31)22-14-34-25(28)29-22)19-12-20(26)18(11-21(19)27)13-30-16(2)8-9-24(35(30,32)33)17-6-4-3-5-7-17/h3-7,11-12,14-16,24H,8-10,13H2,1-2H3,(H2,28,29)/t15?,16-,24+/m1/s1. The summed E-state index contributed by atoms with van der Waals surface area (Å²) in [6.45, 7) is 3.15. The molecule has 1 saturated heterocycles. The van der Waals surface area contributed by atoms with E-state index in [1.165, 1.54) is 9.69 Å². The van der Waals surface area contributed by atoms with Gasteiger partial charge in [0, 0.05) is 30.0 Å². The number of halogens is 2. The largest absolute Gasteiger partial charge is 0.375 e. The third-order valence-electron chi connectivity index (χ3n) is 6.52. The summed E-state index contributed by atoms with van der Waals surface area (Å²) < 4.78 is 58.3. The Kier molecular flexibility index (Phi) is 7.35. The highest BCUT2D eigenvalue weighted by molar-refractivity contribution is 7.89. The number of Topliss-reactive ketones (excluding diaryl/α,β-unsaturated/α-hetero) is 1. The Bertz CT molecular complexity index is 1330. The molecule has 1 unspecified atom stereocenters. The third-order valence-corrected chi connectivity index (χ3v) is 9.56. The van der Waals surface area contributed by atoms with Crippen molar-refractivity contribution >= 4 is 32.3 Å². The summed E-state index contributed by atoms with van der Waals surface area (Å²) in [5.41, 5.74) is 6.47. The smallest absolute Gasteiger partial charge is 0.221 e. The van der Waals surface area contributed by atoms with Crippen LogP contribution >= 0.6 is 11.3 Å². The van der Waals surface area contributed by atoms with Gasteiger partial charge in [-0.3, -0.25) is 4.79 Å². The Morgan fingerprint density at radius 3 is 2.57 bits per heavy atom. The van der Waals surface area contributed by atoms with Crippen LogP contribution in [0.4, 0.5) is 13.9 Å². The number of ketones is 1. The molecule has 1 fully saturated rings. The van der Waals surface area contributed by atoms with E-state index in [0.717, 1.165) is 23.5 Å². The van der Waals surface area contributed by atoms with Crippen molar-refractivity contribution < 1.29 is 22.0 Å². The first-order valence-corrected chi connectivity index (χ1v) is 13.7. The number of anilines is 1. The fraction of sp³-hybridized carbons (Fsp3) is 0.360. The van der Waals surface area contributed by atoms with Crippen LogP contribution in [0.25, 0.3) is 0 Å². The van der Waals surface area contributed by atoms with Crippen molar-refractivity contribution in [3.8, 4) is 0 Å². The number of nitrogens with two attached hydrogens (primary N) is 1. The van der Waals surface area contributed by atoms with E-state index >= 15 is 8.78 Å². The maximum atomic E-state index is 15.1. The number of hydrogen-bond donors (Lipinski definition) is 1. The number of carbonyl (C=O) groups excluding carboxylic acids is 1. The minimum Gasteiger partial charge on any atom is -0.375 e. The number of carbonyl (C=O) groups is 1. The fourth-order valence-electron chi connectivity index (χ4n) is 4.53. The van der Waals surface area contributed by atoms with E-state index in [0.29, 0.717) is 18.4 Å². The highest BCUT2D eigenvalue weighted by Crippen LogP contribution is 2.38. The topological polar surface area (TPSA) is 93.4 Å². The molecule has 0 saturated carbocycles. The quantitative estimate of drug-likeness (QED) is 0.420. The minimum atomic E-state index is -3.78. The molecule has 35 heavy (non-hydrogen) atoms. The molecule has 0 radical (unpaired) electrons. The predicted octanol–water partition coefficient (Wildman–Crippen LogP) is 5.44. The zero-order chi connectivity index (χ0) is 25.3. The maximum Gasteiger partial charge on any atom is 0.221 e. The zero-order valence-electron chi connectivity index (χ0n) is 19.4. The van der Waals surface area contributed by atoms with Crippen LogP contribution < -0.4 is 5.73 Å². The molecule has 1 aliphatic heterocycles. The van der Waals surface area contributed by atoms with Gasteiger partial charge in [0.1, 0.15) is 22.6 Å². The van der Waals surface area contributed by atoms with E-state index in [-0.39, 0.29) is 46.7 Å². The van der Waals surface area contributed by atoms with Gasteiger partial charge in [0.25, 0.3) is 0 Å². The van der Waals surface area contributed by atoms with Crippen molar-refractivity contribution in [2.24, 2.45) is 0 Å². The molecule has 3 aromatic rings. The van der Waals surface area contributed by atoms with Crippen molar-refractivity contribution in [1.82, 2.24) is 9.29 Å². The van der Waals surface area contributed by atoms with E-state index in [9.17, 15) is 13.2 Å². The van der Waals surface area contributed by atoms with Crippen LogP contribution in [0.15, 0.2) is 47.8 Å². The van der Waals surface area contributed by atoms with Gasteiger partial charge in [-0.25, -0.2) is 22.2 Å². The molecule has 10 heteroatoms. The first kappa shape index (κ1) is 25.4. The lowest BCUT2D eigenvalue weighted by molar-refractivity contribution is 0.0971. The Balaban J connectivity index is 1.55. The van der Waals surface area contributed by atoms with E-state index in [1.54, 1.807) is 38.1 Å². The molecule has 2 N–H and O–H groups in total. The Labute approximate surface area is 207 Å². The van der Waals surface area contributed by atoms with Gasteiger partial charge in [-0.15, -0.1) is 11.3 Å². The maximum absolute atomic E-state index is 15.1. The lowest BCUT2D eigenvalue weighted by Gasteiger charge is -2.37. The number of thiazole rings is 1. The molecule has 2 aromatic carbocycles. The SMILES string of the molecule is CC(CC(=O)c1csc(N)n1)c1cc(F)c(CN2[C@H](C)CC[C@@H](c3ccccc3)S2(=O)=O)cc1F. The molecule has 6 nitrogen and oxygen atoms in total. The van der Waals surface area contributed by atoms with Crippen LogP contribution in [0, 0.1) is 11.6 Å². The van der Waals surface area contributed by atoms with E-state index in [1.807, 2.05) is 6.07 Å². The summed E-state index contributed by atoms with van der Waals surface area (Å²) in [5, 5.41) is 1.07. The second-order valence-corrected chi connectivity index (χ2v) is 11.9. The third kappa shape index (κ3) is 5.29. The second kappa shape index (κ2) is 10.1. The lowest BCUT2D eigenvalue weighted by atomic mass is 9.93. The monoisotopic (exact) mass is 519 g/mol. The Morgan fingerprint density at radius 2 is 1.91 bits per heavy atom. The van der Waals surface area contributed by atoms with Gasteiger partial charge in [0.2, 0.25) is 10.0 Å². The summed E-state index contributed by atoms with van der Waals surface area (Å²) in [6, 6.07) is 10.7. The molecule has 4 rings (SSSR count). The van der Waals surface area contributed by atoms with Crippen molar-refractivity contribution in [3.05, 3.63) is 81.9 Å². The summed E-state index contributed by atoms with van der Waals surface area (Å²) in [4.78, 5) is 16.4. The van der Waals surface area contributed by atoms with Crippen molar-refractivity contribution in [2.75, 3.05) is 5.73 Å². The average Bonchev–Trinajstić information content (AvgIpc) is 3.25. The molecule has 186 valence electrons. The van der Waals surface area contributed by atoms with Gasteiger partial charge in [-0.05, 0) is 48.9 Å². The molecule has 3 atom stereocenters. The number of nitrogen functional groups attached to an aromatic ring is 1. The van der Waals surface area contributed by atoms with Crippen LogP contribution in [0.3, 0.4) is 0 Å². The van der Waals surface area contributed by atoms with E-state index < -0.39 is 32.8 Å². The Hall–Kier alpha value is -2.69. The van der Waals surface area contributed by atoms with Gasteiger partial charge < -0.3 is 5.73 Å². The summed E-state index contributed by atoms with van der Waals surface area (Å²) in [5.74, 6) is -2.30. The molecule has 1 aliphatic rings. The summed E-state index contributed by atoms with van der Waals surface area (Å²) >= 11 is 1.14. The normalized spacial score (nSPS) is 21.0.